The van der Waals surface area contributed by atoms with Crippen LogP contribution in [0.25, 0.3) is 0 Å². The predicted molar refractivity (Wildman–Crippen MR) is 193 cm³/mol. The predicted octanol–water partition coefficient (Wildman–Crippen LogP) is 7.15. The Morgan fingerprint density at radius 1 is 0.479 bits per heavy atom. The van der Waals surface area contributed by atoms with E-state index in [-0.39, 0.29) is 11.8 Å². The summed E-state index contributed by atoms with van der Waals surface area (Å²) < 4.78 is 0. The maximum absolute atomic E-state index is 13.9. The Bertz CT molecular complexity index is 1440. The quantitative estimate of drug-likeness (QED) is 0.123. The molecule has 0 aliphatic rings. The van der Waals surface area contributed by atoms with E-state index in [4.69, 9.17) is 0 Å². The van der Waals surface area contributed by atoms with Crippen molar-refractivity contribution >= 4 is 11.8 Å². The molecule has 0 heterocycles. The van der Waals surface area contributed by atoms with Gasteiger partial charge in [-0.05, 0) is 74.6 Å². The number of carbonyl (C=O) groups excluding carboxylic acids is 2. The summed E-state index contributed by atoms with van der Waals surface area (Å²) in [5.74, 6) is -1.57. The van der Waals surface area contributed by atoms with Gasteiger partial charge in [-0.15, -0.1) is 0 Å². The molecular formula is C42H52N2O4. The number of rotatable bonds is 12. The highest BCUT2D eigenvalue weighted by Gasteiger charge is 2.45. The third-order valence-corrected chi connectivity index (χ3v) is 9.21. The van der Waals surface area contributed by atoms with E-state index in [9.17, 15) is 19.8 Å². The van der Waals surface area contributed by atoms with Crippen molar-refractivity contribution < 1.29 is 19.8 Å². The lowest BCUT2D eigenvalue weighted by Gasteiger charge is -2.40. The van der Waals surface area contributed by atoms with E-state index in [0.29, 0.717) is 35.1 Å². The second-order valence-electron chi connectivity index (χ2n) is 14.3. The zero-order valence-electron chi connectivity index (χ0n) is 29.7. The molecule has 0 saturated carbocycles. The van der Waals surface area contributed by atoms with Crippen LogP contribution in [0.4, 0.5) is 0 Å². The third kappa shape index (κ3) is 8.23. The number of aryl methyl sites for hydroxylation is 4. The Morgan fingerprint density at radius 2 is 0.688 bits per heavy atom. The first kappa shape index (κ1) is 36.6. The molecule has 254 valence electrons. The number of hydrogen-bond acceptors (Lipinski definition) is 4. The van der Waals surface area contributed by atoms with Gasteiger partial charge in [0.25, 0.3) is 0 Å². The Labute approximate surface area is 286 Å². The van der Waals surface area contributed by atoms with Crippen LogP contribution < -0.4 is 10.6 Å². The van der Waals surface area contributed by atoms with Crippen molar-refractivity contribution in [1.82, 2.24) is 10.6 Å². The highest BCUT2D eigenvalue weighted by atomic mass is 16.3. The van der Waals surface area contributed by atoms with E-state index in [1.165, 1.54) is 0 Å². The van der Waals surface area contributed by atoms with Gasteiger partial charge in [0.15, 0.2) is 0 Å². The van der Waals surface area contributed by atoms with Gasteiger partial charge in [0.05, 0.1) is 12.1 Å². The molecule has 2 amide bonds. The molecule has 0 aliphatic heterocycles. The summed E-state index contributed by atoms with van der Waals surface area (Å²) in [6.45, 7) is 16.0. The maximum atomic E-state index is 13.9. The molecule has 0 spiro atoms. The fraction of sp³-hybridized carbons (Fsp3) is 0.381. The zero-order valence-corrected chi connectivity index (χ0v) is 29.7. The van der Waals surface area contributed by atoms with Crippen molar-refractivity contribution in [2.24, 2.45) is 11.8 Å². The summed E-state index contributed by atoms with van der Waals surface area (Å²) >= 11 is 0. The molecule has 0 radical (unpaired) electrons. The first-order valence-electron chi connectivity index (χ1n) is 17.0. The Kier molecular flexibility index (Phi) is 11.7. The summed E-state index contributed by atoms with van der Waals surface area (Å²) in [6, 6.07) is 28.8. The fourth-order valence-electron chi connectivity index (χ4n) is 6.43. The second-order valence-corrected chi connectivity index (χ2v) is 14.3. The lowest BCUT2D eigenvalue weighted by Crippen LogP contribution is -2.58. The van der Waals surface area contributed by atoms with Crippen molar-refractivity contribution in [1.29, 1.82) is 0 Å². The van der Waals surface area contributed by atoms with Crippen LogP contribution in [0, 0.1) is 39.5 Å². The fourth-order valence-corrected chi connectivity index (χ4v) is 6.43. The van der Waals surface area contributed by atoms with Crippen LogP contribution in [0.3, 0.4) is 0 Å². The molecule has 4 rings (SSSR count). The lowest BCUT2D eigenvalue weighted by atomic mass is 9.76. The summed E-state index contributed by atoms with van der Waals surface area (Å²) in [6.07, 6.45) is 0.812. The molecule has 48 heavy (non-hydrogen) atoms. The van der Waals surface area contributed by atoms with Crippen LogP contribution >= 0.6 is 0 Å². The van der Waals surface area contributed by atoms with Gasteiger partial charge < -0.3 is 20.8 Å². The van der Waals surface area contributed by atoms with Crippen molar-refractivity contribution in [3.05, 3.63) is 142 Å². The monoisotopic (exact) mass is 648 g/mol. The normalized spacial score (nSPS) is 13.3. The van der Waals surface area contributed by atoms with E-state index < -0.39 is 35.1 Å². The Hall–Kier alpha value is -4.26. The minimum atomic E-state index is -1.62. The molecule has 0 bridgehead atoms. The maximum Gasteiger partial charge on any atom is 0.309 e. The largest absolute Gasteiger partial charge is 0.378 e. The van der Waals surface area contributed by atoms with Crippen LogP contribution in [-0.4, -0.2) is 34.1 Å². The molecule has 6 heteroatoms. The van der Waals surface area contributed by atoms with E-state index in [0.717, 1.165) is 22.3 Å². The smallest absolute Gasteiger partial charge is 0.309 e. The standard InChI is InChI=1S/C42H52N2O4/c1-27(2)25-37(41(47,33-17-9-29(5)10-18-33)34-19-11-30(6)12-20-34)43-39(45)40(46)44-38(26-28(3)4)42(48,35-21-13-31(7)14-22-35)36-23-15-32(8)16-24-36/h9-24,27-28,37-38,47-48H,25-26H2,1-8H3,(H,43,45)(H,44,46). The number of hydrogen-bond donors (Lipinski definition) is 4. The number of benzene rings is 4. The number of carbonyl (C=O) groups is 2. The van der Waals surface area contributed by atoms with Crippen LogP contribution in [0.2, 0.25) is 0 Å². The molecule has 2 unspecified atom stereocenters. The number of aliphatic hydroxyl groups is 2. The van der Waals surface area contributed by atoms with Gasteiger partial charge in [0.1, 0.15) is 11.2 Å². The van der Waals surface area contributed by atoms with Crippen LogP contribution in [0.5, 0.6) is 0 Å². The molecule has 0 fully saturated rings. The number of nitrogens with one attached hydrogen (secondary N) is 2. The van der Waals surface area contributed by atoms with Crippen molar-refractivity contribution in [2.75, 3.05) is 0 Å². The van der Waals surface area contributed by atoms with E-state index in [2.05, 4.69) is 10.6 Å². The molecule has 4 aromatic carbocycles. The van der Waals surface area contributed by atoms with Gasteiger partial charge in [0.2, 0.25) is 0 Å². The Morgan fingerprint density at radius 3 is 0.875 bits per heavy atom. The second kappa shape index (κ2) is 15.3. The van der Waals surface area contributed by atoms with Gasteiger partial charge >= 0.3 is 11.8 Å². The van der Waals surface area contributed by atoms with Crippen LogP contribution in [-0.2, 0) is 20.8 Å². The average Bonchev–Trinajstić information content (AvgIpc) is 3.04. The summed E-state index contributed by atoms with van der Waals surface area (Å²) in [5, 5.41) is 31.2. The minimum Gasteiger partial charge on any atom is -0.378 e. The highest BCUT2D eigenvalue weighted by Crippen LogP contribution is 2.38. The highest BCUT2D eigenvalue weighted by molar-refractivity contribution is 6.35. The lowest BCUT2D eigenvalue weighted by molar-refractivity contribution is -0.142. The van der Waals surface area contributed by atoms with Gasteiger partial charge in [-0.3, -0.25) is 9.59 Å². The van der Waals surface area contributed by atoms with Gasteiger partial charge in [-0.1, -0.05) is 147 Å². The third-order valence-electron chi connectivity index (χ3n) is 9.21. The van der Waals surface area contributed by atoms with Crippen LogP contribution in [0.1, 0.15) is 85.0 Å². The van der Waals surface area contributed by atoms with E-state index >= 15 is 0 Å². The molecule has 0 saturated heterocycles. The molecule has 0 aromatic heterocycles. The summed E-state index contributed by atoms with van der Waals surface area (Å²) in [5.41, 5.74) is 3.40. The molecular weight excluding hydrogens is 596 g/mol. The SMILES string of the molecule is Cc1ccc(C(O)(c2ccc(C)cc2)C(CC(C)C)NC(=O)C(=O)NC(CC(C)C)C(O)(c2ccc(C)cc2)c2ccc(C)cc2)cc1. The van der Waals surface area contributed by atoms with Crippen molar-refractivity contribution in [2.45, 2.75) is 91.5 Å². The molecule has 2 atom stereocenters. The van der Waals surface area contributed by atoms with Gasteiger partial charge in [-0.2, -0.15) is 0 Å². The topological polar surface area (TPSA) is 98.7 Å². The first-order valence-corrected chi connectivity index (χ1v) is 17.0. The van der Waals surface area contributed by atoms with E-state index in [1.54, 1.807) is 0 Å². The average molecular weight is 649 g/mol. The van der Waals surface area contributed by atoms with Crippen molar-refractivity contribution in [3.63, 3.8) is 0 Å². The summed E-state index contributed by atoms with van der Waals surface area (Å²) in [4.78, 5) is 27.9. The van der Waals surface area contributed by atoms with Crippen LogP contribution in [0.15, 0.2) is 97.1 Å². The van der Waals surface area contributed by atoms with Gasteiger partial charge in [0, 0.05) is 0 Å². The Balaban J connectivity index is 1.74. The minimum absolute atomic E-state index is 0.0858. The molecule has 0 aliphatic carbocycles. The van der Waals surface area contributed by atoms with E-state index in [1.807, 2.05) is 152 Å². The number of amides is 2. The molecule has 6 nitrogen and oxygen atoms in total. The van der Waals surface area contributed by atoms with Crippen molar-refractivity contribution in [3.8, 4) is 0 Å². The molecule has 4 N–H and O–H groups in total. The molecule has 4 aromatic rings. The first-order chi connectivity index (χ1) is 22.6. The summed E-state index contributed by atoms with van der Waals surface area (Å²) in [7, 11) is 0. The zero-order chi connectivity index (χ0) is 35.2. The van der Waals surface area contributed by atoms with Gasteiger partial charge in [-0.25, -0.2) is 0 Å².